The molecule has 1 N–H and O–H groups in total. The van der Waals surface area contributed by atoms with Gasteiger partial charge in [-0.05, 0) is 24.6 Å². The number of carbonyl (C=O) groups is 1. The molecule has 0 bridgehead atoms. The Morgan fingerprint density at radius 2 is 1.95 bits per heavy atom. The predicted octanol–water partition coefficient (Wildman–Crippen LogP) is 2.89. The number of aromatic nitrogens is 3. The second-order valence-electron chi connectivity index (χ2n) is 5.03. The van der Waals surface area contributed by atoms with E-state index in [9.17, 15) is 4.79 Å². The minimum absolute atomic E-state index is 0.211. The molecule has 0 atom stereocenters. The Bertz CT molecular complexity index is 780. The largest absolute Gasteiger partial charge is 0.306 e. The molecule has 2 heterocycles. The number of nitrogens with zero attached hydrogens (tertiary/aromatic N) is 3. The zero-order chi connectivity index (χ0) is 15.4. The van der Waals surface area contributed by atoms with E-state index in [2.05, 4.69) is 15.4 Å². The summed E-state index contributed by atoms with van der Waals surface area (Å²) >= 11 is 0. The van der Waals surface area contributed by atoms with Crippen LogP contribution in [0.15, 0.2) is 60.9 Å². The summed E-state index contributed by atoms with van der Waals surface area (Å²) in [4.78, 5) is 16.4. The smallest absolute Gasteiger partial charge is 0.260 e. The first-order valence-corrected chi connectivity index (χ1v) is 7.02. The average molecular weight is 292 g/mol. The first-order chi connectivity index (χ1) is 10.7. The van der Waals surface area contributed by atoms with Crippen LogP contribution in [0.4, 0.5) is 5.82 Å². The van der Waals surface area contributed by atoms with Gasteiger partial charge in [-0.25, -0.2) is 4.98 Å². The van der Waals surface area contributed by atoms with Crippen LogP contribution in [0.2, 0.25) is 0 Å². The highest BCUT2D eigenvalue weighted by atomic mass is 16.1. The van der Waals surface area contributed by atoms with Crippen LogP contribution in [-0.4, -0.2) is 20.7 Å². The third kappa shape index (κ3) is 3.38. The van der Waals surface area contributed by atoms with E-state index in [0.29, 0.717) is 17.9 Å². The molecule has 3 aromatic rings. The maximum absolute atomic E-state index is 12.2. The highest BCUT2D eigenvalue weighted by molar-refractivity contribution is 6.03. The minimum Gasteiger partial charge on any atom is -0.306 e. The zero-order valence-corrected chi connectivity index (χ0v) is 12.2. The van der Waals surface area contributed by atoms with Crippen molar-refractivity contribution in [1.82, 2.24) is 14.8 Å². The van der Waals surface area contributed by atoms with E-state index in [1.165, 1.54) is 0 Å². The van der Waals surface area contributed by atoms with Crippen LogP contribution in [0.1, 0.15) is 21.6 Å². The number of pyridine rings is 1. The van der Waals surface area contributed by atoms with E-state index < -0.39 is 0 Å². The highest BCUT2D eigenvalue weighted by Gasteiger charge is 2.09. The second-order valence-corrected chi connectivity index (χ2v) is 5.03. The van der Waals surface area contributed by atoms with Crippen molar-refractivity contribution in [2.75, 3.05) is 5.32 Å². The maximum Gasteiger partial charge on any atom is 0.260 e. The molecule has 0 aliphatic rings. The Morgan fingerprint density at radius 1 is 1.14 bits per heavy atom. The Kier molecular flexibility index (Phi) is 3.96. The molecule has 1 aromatic carbocycles. The van der Waals surface area contributed by atoms with Crippen molar-refractivity contribution in [3.05, 3.63) is 77.7 Å². The second kappa shape index (κ2) is 6.22. The van der Waals surface area contributed by atoms with Crippen molar-refractivity contribution in [1.29, 1.82) is 0 Å². The van der Waals surface area contributed by atoms with Crippen LogP contribution < -0.4 is 5.32 Å². The summed E-state index contributed by atoms with van der Waals surface area (Å²) < 4.78 is 1.74. The van der Waals surface area contributed by atoms with E-state index in [1.807, 2.05) is 49.4 Å². The molecule has 1 amide bonds. The Balaban J connectivity index is 1.69. The molecule has 2 aromatic heterocycles. The van der Waals surface area contributed by atoms with E-state index in [-0.39, 0.29) is 5.91 Å². The van der Waals surface area contributed by atoms with Gasteiger partial charge in [-0.1, -0.05) is 36.4 Å². The third-order valence-corrected chi connectivity index (χ3v) is 3.21. The number of hydrogen-bond donors (Lipinski definition) is 1. The summed E-state index contributed by atoms with van der Waals surface area (Å²) in [6.45, 7) is 2.52. The minimum atomic E-state index is -0.211. The van der Waals surface area contributed by atoms with Crippen LogP contribution in [0.3, 0.4) is 0 Å². The number of rotatable bonds is 4. The summed E-state index contributed by atoms with van der Waals surface area (Å²) in [5.74, 6) is 0.332. The van der Waals surface area contributed by atoms with Crippen LogP contribution in [0.25, 0.3) is 0 Å². The lowest BCUT2D eigenvalue weighted by molar-refractivity contribution is 0.102. The SMILES string of the molecule is Cc1cccc(NC(=O)c2cnn(Cc3ccccc3)c2)n1. The Hall–Kier alpha value is -2.95. The van der Waals surface area contributed by atoms with E-state index in [1.54, 1.807) is 23.1 Å². The fraction of sp³-hybridized carbons (Fsp3) is 0.118. The molecular weight excluding hydrogens is 276 g/mol. The van der Waals surface area contributed by atoms with Crippen molar-refractivity contribution in [3.63, 3.8) is 0 Å². The molecule has 0 radical (unpaired) electrons. The molecule has 0 spiro atoms. The fourth-order valence-corrected chi connectivity index (χ4v) is 2.14. The van der Waals surface area contributed by atoms with Crippen LogP contribution in [0, 0.1) is 6.92 Å². The van der Waals surface area contributed by atoms with Gasteiger partial charge in [0.25, 0.3) is 5.91 Å². The average Bonchev–Trinajstić information content (AvgIpc) is 2.97. The summed E-state index contributed by atoms with van der Waals surface area (Å²) in [5.41, 5.74) is 2.51. The summed E-state index contributed by atoms with van der Waals surface area (Å²) in [7, 11) is 0. The summed E-state index contributed by atoms with van der Waals surface area (Å²) in [5, 5.41) is 7.00. The normalized spacial score (nSPS) is 10.4. The molecule has 110 valence electrons. The summed E-state index contributed by atoms with van der Waals surface area (Å²) in [6.07, 6.45) is 3.30. The number of carbonyl (C=O) groups excluding carboxylic acids is 1. The predicted molar refractivity (Wildman–Crippen MR) is 84.7 cm³/mol. The third-order valence-electron chi connectivity index (χ3n) is 3.21. The highest BCUT2D eigenvalue weighted by Crippen LogP contribution is 2.08. The maximum atomic E-state index is 12.2. The van der Waals surface area contributed by atoms with Crippen molar-refractivity contribution in [3.8, 4) is 0 Å². The molecule has 0 unspecified atom stereocenters. The van der Waals surface area contributed by atoms with Gasteiger partial charge in [-0.15, -0.1) is 0 Å². The molecule has 0 fully saturated rings. The first-order valence-electron chi connectivity index (χ1n) is 7.02. The lowest BCUT2D eigenvalue weighted by Crippen LogP contribution is -2.12. The van der Waals surface area contributed by atoms with Gasteiger partial charge in [0.1, 0.15) is 5.82 Å². The molecule has 0 saturated heterocycles. The van der Waals surface area contributed by atoms with E-state index >= 15 is 0 Å². The number of anilines is 1. The number of aryl methyl sites for hydroxylation is 1. The lowest BCUT2D eigenvalue weighted by atomic mass is 10.2. The van der Waals surface area contributed by atoms with Crippen LogP contribution in [-0.2, 0) is 6.54 Å². The number of hydrogen-bond acceptors (Lipinski definition) is 3. The summed E-state index contributed by atoms with van der Waals surface area (Å²) in [6, 6.07) is 15.5. The van der Waals surface area contributed by atoms with Gasteiger partial charge in [0.2, 0.25) is 0 Å². The quantitative estimate of drug-likeness (QED) is 0.804. The Morgan fingerprint density at radius 3 is 2.73 bits per heavy atom. The molecule has 0 aliphatic carbocycles. The molecular formula is C17H16N4O. The molecule has 0 aliphatic heterocycles. The monoisotopic (exact) mass is 292 g/mol. The van der Waals surface area contributed by atoms with Gasteiger partial charge in [0, 0.05) is 11.9 Å². The number of benzene rings is 1. The van der Waals surface area contributed by atoms with Gasteiger partial charge in [-0.2, -0.15) is 5.10 Å². The van der Waals surface area contributed by atoms with Gasteiger partial charge < -0.3 is 5.32 Å². The number of nitrogens with one attached hydrogen (secondary N) is 1. The molecule has 3 rings (SSSR count). The van der Waals surface area contributed by atoms with Crippen molar-refractivity contribution in [2.24, 2.45) is 0 Å². The van der Waals surface area contributed by atoms with Crippen LogP contribution in [0.5, 0.6) is 0 Å². The molecule has 0 saturated carbocycles. The zero-order valence-electron chi connectivity index (χ0n) is 12.2. The van der Waals surface area contributed by atoms with Crippen LogP contribution >= 0.6 is 0 Å². The molecule has 22 heavy (non-hydrogen) atoms. The van der Waals surface area contributed by atoms with Gasteiger partial charge in [0.15, 0.2) is 0 Å². The first kappa shape index (κ1) is 14.0. The van der Waals surface area contributed by atoms with E-state index in [0.717, 1.165) is 11.3 Å². The standard InChI is InChI=1S/C17H16N4O/c1-13-6-5-9-16(19-13)20-17(22)15-10-18-21(12-15)11-14-7-3-2-4-8-14/h2-10,12H,11H2,1H3,(H,19,20,22). The Labute approximate surface area is 128 Å². The molecule has 5 heteroatoms. The fourth-order valence-electron chi connectivity index (χ4n) is 2.14. The lowest BCUT2D eigenvalue weighted by Gasteiger charge is -2.03. The van der Waals surface area contributed by atoms with Gasteiger partial charge >= 0.3 is 0 Å². The van der Waals surface area contributed by atoms with Crippen molar-refractivity contribution in [2.45, 2.75) is 13.5 Å². The van der Waals surface area contributed by atoms with E-state index in [4.69, 9.17) is 0 Å². The van der Waals surface area contributed by atoms with Crippen molar-refractivity contribution < 1.29 is 4.79 Å². The van der Waals surface area contributed by atoms with Gasteiger partial charge in [-0.3, -0.25) is 9.48 Å². The number of amides is 1. The molecule has 5 nitrogen and oxygen atoms in total. The van der Waals surface area contributed by atoms with Gasteiger partial charge in [0.05, 0.1) is 18.3 Å². The van der Waals surface area contributed by atoms with Crippen molar-refractivity contribution >= 4 is 11.7 Å². The topological polar surface area (TPSA) is 59.8 Å².